The standard InChI is InChI=1S/C20H32N6O2.HI/c1-5-19(28-16-1)6-10-23-20(22-8-3-12-26-13-4-9-24-26)21-7-2-11-25-14-17-27-18-15-25;/h1,4-5,9,13,16H,2-3,6-8,10-12,14-15,17-18H2,(H2,21,22,23);1H. The van der Waals surface area contributed by atoms with Crippen LogP contribution >= 0.6 is 24.0 Å². The number of ether oxygens (including phenoxy) is 1. The average molecular weight is 516 g/mol. The number of guanidine groups is 1. The topological polar surface area (TPSA) is 79.8 Å². The maximum Gasteiger partial charge on any atom is 0.191 e. The van der Waals surface area contributed by atoms with Crippen molar-refractivity contribution in [2.45, 2.75) is 25.8 Å². The van der Waals surface area contributed by atoms with Crippen molar-refractivity contribution in [2.24, 2.45) is 4.99 Å². The predicted octanol–water partition coefficient (Wildman–Crippen LogP) is 1.98. The maximum atomic E-state index is 5.40. The Bertz CT molecular complexity index is 657. The van der Waals surface area contributed by atoms with E-state index in [1.54, 1.807) is 12.5 Å². The van der Waals surface area contributed by atoms with Gasteiger partial charge in [-0.25, -0.2) is 0 Å². The van der Waals surface area contributed by atoms with E-state index < -0.39 is 0 Å². The van der Waals surface area contributed by atoms with E-state index in [-0.39, 0.29) is 24.0 Å². The second kappa shape index (κ2) is 14.4. The number of halogens is 1. The van der Waals surface area contributed by atoms with Gasteiger partial charge in [0.2, 0.25) is 0 Å². The first kappa shape index (κ1) is 23.7. The summed E-state index contributed by atoms with van der Waals surface area (Å²) in [7, 11) is 0. The lowest BCUT2D eigenvalue weighted by Gasteiger charge is -2.26. The summed E-state index contributed by atoms with van der Waals surface area (Å²) in [6.07, 6.45) is 8.39. The van der Waals surface area contributed by atoms with Crippen molar-refractivity contribution >= 4 is 29.9 Å². The molecule has 162 valence electrons. The molecule has 9 heteroatoms. The van der Waals surface area contributed by atoms with Crippen LogP contribution in [0, 0.1) is 0 Å². The second-order valence-corrected chi connectivity index (χ2v) is 6.84. The smallest absolute Gasteiger partial charge is 0.191 e. The van der Waals surface area contributed by atoms with E-state index in [1.807, 2.05) is 29.1 Å². The number of hydrogen-bond acceptors (Lipinski definition) is 5. The van der Waals surface area contributed by atoms with Crippen LogP contribution in [-0.4, -0.2) is 73.1 Å². The molecule has 0 amide bonds. The molecule has 3 rings (SSSR count). The van der Waals surface area contributed by atoms with Gasteiger partial charge in [-0.1, -0.05) is 0 Å². The highest BCUT2D eigenvalue weighted by Crippen LogP contribution is 2.00. The first-order valence-electron chi connectivity index (χ1n) is 10.2. The molecule has 0 unspecified atom stereocenters. The molecule has 2 N–H and O–H groups in total. The van der Waals surface area contributed by atoms with Crippen LogP contribution in [0.5, 0.6) is 0 Å². The summed E-state index contributed by atoms with van der Waals surface area (Å²) in [5.74, 6) is 1.85. The van der Waals surface area contributed by atoms with Gasteiger partial charge in [0.1, 0.15) is 5.76 Å². The van der Waals surface area contributed by atoms with Gasteiger partial charge < -0.3 is 19.8 Å². The molecular weight excluding hydrogens is 483 g/mol. The zero-order valence-electron chi connectivity index (χ0n) is 17.0. The maximum absolute atomic E-state index is 5.40. The van der Waals surface area contributed by atoms with Crippen LogP contribution < -0.4 is 10.6 Å². The van der Waals surface area contributed by atoms with Crippen LogP contribution in [0.4, 0.5) is 0 Å². The molecule has 0 radical (unpaired) electrons. The van der Waals surface area contributed by atoms with Crippen molar-refractivity contribution in [1.29, 1.82) is 0 Å². The van der Waals surface area contributed by atoms with Crippen molar-refractivity contribution in [1.82, 2.24) is 25.3 Å². The predicted molar refractivity (Wildman–Crippen MR) is 125 cm³/mol. The molecule has 0 aliphatic carbocycles. The molecular formula is C20H33IN6O2. The summed E-state index contributed by atoms with van der Waals surface area (Å²) < 4.78 is 12.7. The Labute approximate surface area is 190 Å². The van der Waals surface area contributed by atoms with Crippen LogP contribution in [0.2, 0.25) is 0 Å². The molecule has 8 nitrogen and oxygen atoms in total. The molecule has 0 atom stereocenters. The minimum atomic E-state index is 0. The van der Waals surface area contributed by atoms with Gasteiger partial charge >= 0.3 is 0 Å². The van der Waals surface area contributed by atoms with Crippen molar-refractivity contribution in [3.05, 3.63) is 42.6 Å². The third-order valence-electron chi connectivity index (χ3n) is 4.67. The van der Waals surface area contributed by atoms with Crippen molar-refractivity contribution in [2.75, 3.05) is 52.5 Å². The van der Waals surface area contributed by atoms with Gasteiger partial charge in [0, 0.05) is 58.1 Å². The number of aryl methyl sites for hydroxylation is 1. The number of furan rings is 1. The van der Waals surface area contributed by atoms with Gasteiger partial charge in [0.15, 0.2) is 5.96 Å². The Morgan fingerprint density at radius 3 is 2.72 bits per heavy atom. The summed E-state index contributed by atoms with van der Waals surface area (Å²) in [6.45, 7) is 8.22. The highest BCUT2D eigenvalue weighted by Gasteiger charge is 2.09. The zero-order chi connectivity index (χ0) is 19.3. The lowest BCUT2D eigenvalue weighted by Crippen LogP contribution is -2.41. The molecule has 1 aliphatic heterocycles. The van der Waals surface area contributed by atoms with E-state index in [0.717, 1.165) is 90.0 Å². The second-order valence-electron chi connectivity index (χ2n) is 6.84. The van der Waals surface area contributed by atoms with Crippen LogP contribution in [0.3, 0.4) is 0 Å². The van der Waals surface area contributed by atoms with Gasteiger partial charge in [-0.05, 0) is 37.6 Å². The van der Waals surface area contributed by atoms with E-state index in [4.69, 9.17) is 14.1 Å². The number of morpholine rings is 1. The van der Waals surface area contributed by atoms with Crippen LogP contribution in [-0.2, 0) is 17.7 Å². The highest BCUT2D eigenvalue weighted by atomic mass is 127. The van der Waals surface area contributed by atoms with Crippen LogP contribution in [0.15, 0.2) is 46.3 Å². The van der Waals surface area contributed by atoms with Crippen LogP contribution in [0.25, 0.3) is 0 Å². The van der Waals surface area contributed by atoms with Crippen molar-refractivity contribution < 1.29 is 9.15 Å². The first-order valence-corrected chi connectivity index (χ1v) is 10.2. The Morgan fingerprint density at radius 1 is 1.10 bits per heavy atom. The van der Waals surface area contributed by atoms with Crippen molar-refractivity contribution in [3.63, 3.8) is 0 Å². The first-order chi connectivity index (χ1) is 13.9. The summed E-state index contributed by atoms with van der Waals surface area (Å²) in [5, 5.41) is 11.1. The molecule has 29 heavy (non-hydrogen) atoms. The Balaban J connectivity index is 0.00000300. The van der Waals surface area contributed by atoms with Gasteiger partial charge in [0.25, 0.3) is 0 Å². The fraction of sp³-hybridized carbons (Fsp3) is 0.600. The third-order valence-corrected chi connectivity index (χ3v) is 4.67. The van der Waals surface area contributed by atoms with E-state index in [2.05, 4.69) is 20.6 Å². The Kier molecular flexibility index (Phi) is 11.8. The Hall–Kier alpha value is -1.59. The molecule has 2 aromatic rings. The monoisotopic (exact) mass is 516 g/mol. The number of nitrogens with one attached hydrogen (secondary N) is 2. The lowest BCUT2D eigenvalue weighted by atomic mass is 10.3. The molecule has 0 aromatic carbocycles. The van der Waals surface area contributed by atoms with E-state index in [1.165, 1.54) is 0 Å². The molecule has 0 spiro atoms. The van der Waals surface area contributed by atoms with Crippen LogP contribution in [0.1, 0.15) is 18.6 Å². The van der Waals surface area contributed by atoms with Gasteiger partial charge in [-0.2, -0.15) is 5.10 Å². The number of rotatable bonds is 11. The summed E-state index contributed by atoms with van der Waals surface area (Å²) in [5.41, 5.74) is 0. The number of aromatic nitrogens is 2. The fourth-order valence-electron chi connectivity index (χ4n) is 3.12. The normalized spacial score (nSPS) is 15.1. The van der Waals surface area contributed by atoms with Gasteiger partial charge in [-0.3, -0.25) is 14.6 Å². The number of nitrogens with zero attached hydrogens (tertiary/aromatic N) is 4. The minimum absolute atomic E-state index is 0. The minimum Gasteiger partial charge on any atom is -0.469 e. The SMILES string of the molecule is I.c1coc(CCNC(=NCCCn2cccn2)NCCCN2CCOCC2)c1. The Morgan fingerprint density at radius 2 is 1.97 bits per heavy atom. The zero-order valence-corrected chi connectivity index (χ0v) is 19.3. The van der Waals surface area contributed by atoms with E-state index in [9.17, 15) is 0 Å². The molecule has 0 bridgehead atoms. The lowest BCUT2D eigenvalue weighted by molar-refractivity contribution is 0.0376. The fourth-order valence-corrected chi connectivity index (χ4v) is 3.12. The average Bonchev–Trinajstić information content (AvgIpc) is 3.43. The molecule has 2 aromatic heterocycles. The largest absolute Gasteiger partial charge is 0.469 e. The highest BCUT2D eigenvalue weighted by molar-refractivity contribution is 14.0. The molecule has 1 saturated heterocycles. The van der Waals surface area contributed by atoms with E-state index in [0.29, 0.717) is 0 Å². The molecule has 1 fully saturated rings. The summed E-state index contributed by atoms with van der Waals surface area (Å²) in [4.78, 5) is 7.17. The molecule has 1 aliphatic rings. The third kappa shape index (κ3) is 9.64. The summed E-state index contributed by atoms with van der Waals surface area (Å²) in [6, 6.07) is 5.86. The summed E-state index contributed by atoms with van der Waals surface area (Å²) >= 11 is 0. The number of aliphatic imine (C=N–C) groups is 1. The molecule has 0 saturated carbocycles. The van der Waals surface area contributed by atoms with Gasteiger partial charge in [0.05, 0.1) is 19.5 Å². The number of hydrogen-bond donors (Lipinski definition) is 2. The molecule has 3 heterocycles. The van der Waals surface area contributed by atoms with E-state index >= 15 is 0 Å². The quantitative estimate of drug-likeness (QED) is 0.206. The van der Waals surface area contributed by atoms with Crippen molar-refractivity contribution in [3.8, 4) is 0 Å². The van der Waals surface area contributed by atoms with Gasteiger partial charge in [-0.15, -0.1) is 24.0 Å².